The molecule has 3 aromatic rings. The summed E-state index contributed by atoms with van der Waals surface area (Å²) in [6, 6.07) is 3.30. The number of pyridine rings is 3. The van der Waals surface area contributed by atoms with E-state index in [0.29, 0.717) is 32.7 Å². The Morgan fingerprint density at radius 1 is 1.32 bits per heavy atom. The molecule has 0 unspecified atom stereocenters. The monoisotopic (exact) mass is 508 g/mol. The van der Waals surface area contributed by atoms with E-state index in [1.807, 2.05) is 6.92 Å². The lowest BCUT2D eigenvalue weighted by atomic mass is 9.86. The number of carbonyl (C=O) groups is 2. The molecule has 0 saturated carbocycles. The molecule has 194 valence electrons. The number of carbonyl (C=O) groups excluding carboxylic acids is 2. The fraction of sp³-hybridized carbons (Fsp3) is 0.423. The predicted molar refractivity (Wildman–Crippen MR) is 131 cm³/mol. The maximum Gasteiger partial charge on any atom is 0.408 e. The summed E-state index contributed by atoms with van der Waals surface area (Å²) in [6.45, 7) is 8.79. The number of nitrogens with zero attached hydrogens (tertiary/aromatic N) is 3. The van der Waals surface area contributed by atoms with E-state index < -0.39 is 23.3 Å². The second kappa shape index (κ2) is 8.27. The number of hydrogen-bond acceptors (Lipinski definition) is 8. The number of ether oxygens (including phenoxy) is 2. The summed E-state index contributed by atoms with van der Waals surface area (Å²) in [5.41, 5.74) is 0.882. The predicted octanol–water partition coefficient (Wildman–Crippen LogP) is 2.05. The molecule has 0 radical (unpaired) electrons. The molecule has 37 heavy (non-hydrogen) atoms. The Labute approximate surface area is 212 Å². The first kappa shape index (κ1) is 24.7. The Balaban J connectivity index is 1.58. The lowest BCUT2D eigenvalue weighted by molar-refractivity contribution is -0.612. The standard InChI is InChI=1S/C26H28N4O7/c1-6-26(34)18-8-20-21-16(10-29(20)22(31)17(18)12-36-23(26)32)13(2)15-7-14(30(35)11-19(15)28-21)9-27-24(33)37-25(3,4)5/h7-8,11,34H,6,9-10,12H2,1-5H3,(H,27,33)/t26-/m0/s1. The van der Waals surface area contributed by atoms with Crippen molar-refractivity contribution in [2.45, 2.75) is 71.9 Å². The van der Waals surface area contributed by atoms with Crippen LogP contribution in [0.1, 0.15) is 62.1 Å². The molecule has 11 nitrogen and oxygen atoms in total. The van der Waals surface area contributed by atoms with Crippen molar-refractivity contribution in [1.29, 1.82) is 0 Å². The summed E-state index contributed by atoms with van der Waals surface area (Å²) in [6.07, 6.45) is 0.743. The van der Waals surface area contributed by atoms with Gasteiger partial charge in [-0.05, 0) is 45.7 Å². The zero-order valence-electron chi connectivity index (χ0n) is 21.3. The third-order valence-electron chi connectivity index (χ3n) is 6.90. The Morgan fingerprint density at radius 2 is 2.05 bits per heavy atom. The first-order chi connectivity index (χ1) is 17.3. The highest BCUT2D eigenvalue weighted by Crippen LogP contribution is 2.39. The molecule has 0 spiro atoms. The third-order valence-corrected chi connectivity index (χ3v) is 6.90. The van der Waals surface area contributed by atoms with Gasteiger partial charge in [0.05, 0.1) is 23.5 Å². The normalized spacial score (nSPS) is 18.2. The molecule has 1 atom stereocenters. The van der Waals surface area contributed by atoms with Crippen molar-refractivity contribution in [3.05, 3.63) is 61.8 Å². The van der Waals surface area contributed by atoms with Crippen molar-refractivity contribution >= 4 is 23.0 Å². The fourth-order valence-corrected chi connectivity index (χ4v) is 4.91. The van der Waals surface area contributed by atoms with E-state index in [-0.39, 0.29) is 42.8 Å². The lowest BCUT2D eigenvalue weighted by Gasteiger charge is -2.31. The van der Waals surface area contributed by atoms with E-state index in [2.05, 4.69) is 5.32 Å². The number of aliphatic hydroxyl groups is 1. The average molecular weight is 509 g/mol. The van der Waals surface area contributed by atoms with Crippen LogP contribution in [0, 0.1) is 12.1 Å². The first-order valence-electron chi connectivity index (χ1n) is 12.0. The average Bonchev–Trinajstić information content (AvgIpc) is 3.19. The van der Waals surface area contributed by atoms with E-state index in [9.17, 15) is 24.7 Å². The van der Waals surface area contributed by atoms with Crippen LogP contribution in [-0.2, 0) is 39.6 Å². The van der Waals surface area contributed by atoms with E-state index in [0.717, 1.165) is 11.1 Å². The highest BCUT2D eigenvalue weighted by molar-refractivity contribution is 5.88. The summed E-state index contributed by atoms with van der Waals surface area (Å²) >= 11 is 0. The van der Waals surface area contributed by atoms with Gasteiger partial charge in [-0.3, -0.25) is 4.79 Å². The van der Waals surface area contributed by atoms with Crippen molar-refractivity contribution in [2.24, 2.45) is 0 Å². The third kappa shape index (κ3) is 3.90. The number of hydrogen-bond donors (Lipinski definition) is 2. The number of alkyl carbamates (subject to hydrolysis) is 1. The van der Waals surface area contributed by atoms with Crippen LogP contribution in [0.25, 0.3) is 22.3 Å². The quantitative estimate of drug-likeness (QED) is 0.243. The van der Waals surface area contributed by atoms with Gasteiger partial charge in [-0.1, -0.05) is 6.92 Å². The van der Waals surface area contributed by atoms with Crippen LogP contribution in [0.5, 0.6) is 0 Å². The van der Waals surface area contributed by atoms with Gasteiger partial charge in [0.25, 0.3) is 5.56 Å². The summed E-state index contributed by atoms with van der Waals surface area (Å²) < 4.78 is 12.5. The van der Waals surface area contributed by atoms with Gasteiger partial charge in [0.2, 0.25) is 11.9 Å². The van der Waals surface area contributed by atoms with Crippen LogP contribution in [0.15, 0.2) is 23.1 Å². The first-order valence-corrected chi connectivity index (χ1v) is 12.0. The summed E-state index contributed by atoms with van der Waals surface area (Å²) in [7, 11) is 0. The zero-order valence-corrected chi connectivity index (χ0v) is 21.3. The molecule has 2 N–H and O–H groups in total. The van der Waals surface area contributed by atoms with Crippen molar-refractivity contribution in [3.63, 3.8) is 0 Å². The van der Waals surface area contributed by atoms with Gasteiger partial charge < -0.3 is 29.7 Å². The summed E-state index contributed by atoms with van der Waals surface area (Å²) in [5, 5.41) is 27.1. The second-order valence-electron chi connectivity index (χ2n) is 10.4. The molecular formula is C26H28N4O7. The van der Waals surface area contributed by atoms with Gasteiger partial charge in [0.1, 0.15) is 24.3 Å². The number of aryl methyl sites for hydroxylation is 1. The Hall–Kier alpha value is -3.99. The van der Waals surface area contributed by atoms with Gasteiger partial charge >= 0.3 is 12.1 Å². The molecule has 11 heteroatoms. The Morgan fingerprint density at radius 3 is 2.73 bits per heavy atom. The van der Waals surface area contributed by atoms with Crippen LogP contribution in [0.2, 0.25) is 0 Å². The molecule has 5 heterocycles. The molecule has 0 fully saturated rings. The highest BCUT2D eigenvalue weighted by Gasteiger charge is 2.45. The van der Waals surface area contributed by atoms with Crippen molar-refractivity contribution in [2.75, 3.05) is 0 Å². The highest BCUT2D eigenvalue weighted by atomic mass is 16.6. The number of nitrogens with one attached hydrogen (secondary N) is 1. The van der Waals surface area contributed by atoms with Gasteiger partial charge in [-0.15, -0.1) is 0 Å². The molecule has 1 amide bonds. The number of aromatic nitrogens is 3. The molecule has 0 bridgehead atoms. The number of rotatable bonds is 3. The van der Waals surface area contributed by atoms with Gasteiger partial charge in [-0.2, -0.15) is 4.73 Å². The van der Waals surface area contributed by atoms with E-state index in [4.69, 9.17) is 14.5 Å². The molecule has 0 aliphatic carbocycles. The topological polar surface area (TPSA) is 147 Å². The van der Waals surface area contributed by atoms with E-state index >= 15 is 0 Å². The zero-order chi connectivity index (χ0) is 26.9. The molecule has 2 aliphatic heterocycles. The second-order valence-corrected chi connectivity index (χ2v) is 10.4. The smallest absolute Gasteiger partial charge is 0.408 e. The SMILES string of the molecule is CC[C@@]1(O)C(=O)OCc2c1cc1n(c2=O)Cc2c-1nc1c[n+]([O-])c(CNC(=O)OC(C)(C)C)cc1c2C. The minimum absolute atomic E-state index is 0.0408. The van der Waals surface area contributed by atoms with Crippen molar-refractivity contribution < 1.29 is 28.9 Å². The van der Waals surface area contributed by atoms with E-state index in [1.54, 1.807) is 44.4 Å². The van der Waals surface area contributed by atoms with Crippen LogP contribution < -0.4 is 15.6 Å². The summed E-state index contributed by atoms with van der Waals surface area (Å²) in [5.74, 6) is -0.785. The Kier molecular flexibility index (Phi) is 5.52. The number of fused-ring (bicyclic) bond motifs is 5. The minimum atomic E-state index is -1.91. The molecule has 2 aliphatic rings. The molecule has 5 rings (SSSR count). The van der Waals surface area contributed by atoms with Gasteiger partial charge in [0, 0.05) is 22.6 Å². The summed E-state index contributed by atoms with van der Waals surface area (Å²) in [4.78, 5) is 42.5. The van der Waals surface area contributed by atoms with Crippen LogP contribution in [-0.4, -0.2) is 32.3 Å². The fourth-order valence-electron chi connectivity index (χ4n) is 4.91. The van der Waals surface area contributed by atoms with Crippen LogP contribution >= 0.6 is 0 Å². The maximum absolute atomic E-state index is 13.4. The van der Waals surface area contributed by atoms with Crippen molar-refractivity contribution in [1.82, 2.24) is 14.9 Å². The minimum Gasteiger partial charge on any atom is -0.618 e. The number of amides is 1. The van der Waals surface area contributed by atoms with Gasteiger partial charge in [-0.25, -0.2) is 14.6 Å². The maximum atomic E-state index is 13.4. The largest absolute Gasteiger partial charge is 0.618 e. The van der Waals surface area contributed by atoms with E-state index in [1.165, 1.54) is 6.20 Å². The van der Waals surface area contributed by atoms with Crippen molar-refractivity contribution in [3.8, 4) is 11.4 Å². The van der Waals surface area contributed by atoms with Gasteiger partial charge in [0.15, 0.2) is 5.60 Å². The number of cyclic esters (lactones) is 1. The lowest BCUT2D eigenvalue weighted by Crippen LogP contribution is -2.44. The molecule has 3 aromatic heterocycles. The Bertz CT molecular complexity index is 1550. The number of esters is 1. The molecular weight excluding hydrogens is 480 g/mol. The van der Waals surface area contributed by atoms with Crippen LogP contribution in [0.4, 0.5) is 4.79 Å². The molecule has 0 aromatic carbocycles. The molecule has 0 saturated heterocycles. The van der Waals surface area contributed by atoms with Crippen LogP contribution in [0.3, 0.4) is 0 Å².